The Hall–Kier alpha value is -2.20. The highest BCUT2D eigenvalue weighted by Crippen LogP contribution is 2.22. The van der Waals surface area contributed by atoms with Gasteiger partial charge in [-0.1, -0.05) is 42.5 Å². The van der Waals surface area contributed by atoms with Crippen LogP contribution >= 0.6 is 0 Å². The third-order valence-corrected chi connectivity index (χ3v) is 3.95. The van der Waals surface area contributed by atoms with Gasteiger partial charge >= 0.3 is 0 Å². The van der Waals surface area contributed by atoms with Gasteiger partial charge in [-0.05, 0) is 42.5 Å². The molecule has 1 N–H and O–H groups in total. The van der Waals surface area contributed by atoms with Crippen LogP contribution in [0.3, 0.4) is 0 Å². The van der Waals surface area contributed by atoms with Gasteiger partial charge in [0.2, 0.25) is 5.91 Å². The summed E-state index contributed by atoms with van der Waals surface area (Å²) in [5.41, 5.74) is 1.91. The van der Waals surface area contributed by atoms with Gasteiger partial charge in [0.15, 0.2) is 0 Å². The molecule has 0 spiro atoms. The molecule has 0 aromatic heterocycles. The molecule has 0 heterocycles. The van der Waals surface area contributed by atoms with Crippen molar-refractivity contribution in [1.82, 2.24) is 5.32 Å². The molecular formula is C20H24FNO2. The molecule has 1 amide bonds. The number of rotatable bonds is 9. The Morgan fingerprint density at radius 2 is 1.79 bits per heavy atom. The quantitative estimate of drug-likeness (QED) is 0.713. The van der Waals surface area contributed by atoms with E-state index in [1.807, 2.05) is 30.3 Å². The van der Waals surface area contributed by atoms with E-state index in [4.69, 9.17) is 4.74 Å². The Bertz CT molecular complexity index is 613. The summed E-state index contributed by atoms with van der Waals surface area (Å²) >= 11 is 0. The lowest BCUT2D eigenvalue weighted by molar-refractivity contribution is -0.122. The number of hydrogen-bond acceptors (Lipinski definition) is 2. The molecule has 1 unspecified atom stereocenters. The van der Waals surface area contributed by atoms with Crippen LogP contribution in [0.15, 0.2) is 54.6 Å². The first-order chi connectivity index (χ1) is 11.7. The molecule has 0 radical (unpaired) electrons. The largest absolute Gasteiger partial charge is 0.385 e. The number of methoxy groups -OCH3 is 1. The highest BCUT2D eigenvalue weighted by atomic mass is 19.1. The molecule has 0 aliphatic carbocycles. The molecule has 0 saturated heterocycles. The maximum Gasteiger partial charge on any atom is 0.227 e. The van der Waals surface area contributed by atoms with E-state index in [0.717, 1.165) is 24.0 Å². The third-order valence-electron chi connectivity index (χ3n) is 3.95. The molecule has 0 saturated carbocycles. The molecule has 0 aliphatic rings. The van der Waals surface area contributed by atoms with E-state index in [2.05, 4.69) is 5.32 Å². The van der Waals surface area contributed by atoms with Crippen LogP contribution in [0.5, 0.6) is 0 Å². The minimum Gasteiger partial charge on any atom is -0.385 e. The first kappa shape index (κ1) is 18.1. The maximum atomic E-state index is 13.2. The highest BCUT2D eigenvalue weighted by Gasteiger charge is 2.20. The topological polar surface area (TPSA) is 38.3 Å². The standard InChI is InChI=1S/C20H24FNO2/c1-24-14-6-5-13-22-20(23)19(15-16-7-3-2-4-8-16)17-9-11-18(21)12-10-17/h2-4,7-12,19H,5-6,13-15H2,1H3,(H,22,23). The number of hydrogen-bond donors (Lipinski definition) is 1. The Morgan fingerprint density at radius 3 is 2.46 bits per heavy atom. The summed E-state index contributed by atoms with van der Waals surface area (Å²) in [5, 5.41) is 2.99. The third kappa shape index (κ3) is 5.78. The van der Waals surface area contributed by atoms with Crippen LogP contribution in [0.1, 0.15) is 29.9 Å². The number of carbonyl (C=O) groups excluding carboxylic acids is 1. The van der Waals surface area contributed by atoms with Gasteiger partial charge in [0.05, 0.1) is 5.92 Å². The predicted molar refractivity (Wildman–Crippen MR) is 93.4 cm³/mol. The van der Waals surface area contributed by atoms with Gasteiger partial charge in [-0.2, -0.15) is 0 Å². The average Bonchev–Trinajstić information content (AvgIpc) is 2.61. The number of amides is 1. The van der Waals surface area contributed by atoms with E-state index in [9.17, 15) is 9.18 Å². The zero-order chi connectivity index (χ0) is 17.2. The second-order valence-electron chi connectivity index (χ2n) is 5.78. The number of carbonyl (C=O) groups is 1. The fourth-order valence-electron chi connectivity index (χ4n) is 2.61. The summed E-state index contributed by atoms with van der Waals surface area (Å²) in [6.07, 6.45) is 2.38. The van der Waals surface area contributed by atoms with Crippen LogP contribution in [-0.4, -0.2) is 26.2 Å². The fourth-order valence-corrected chi connectivity index (χ4v) is 2.61. The van der Waals surface area contributed by atoms with Gasteiger partial charge in [0.25, 0.3) is 0 Å². The van der Waals surface area contributed by atoms with E-state index in [0.29, 0.717) is 19.6 Å². The van der Waals surface area contributed by atoms with Crippen LogP contribution in [0.4, 0.5) is 4.39 Å². The van der Waals surface area contributed by atoms with E-state index in [1.165, 1.54) is 12.1 Å². The number of benzene rings is 2. The SMILES string of the molecule is COCCCCNC(=O)C(Cc1ccccc1)c1ccc(F)cc1. The number of halogens is 1. The van der Waals surface area contributed by atoms with E-state index < -0.39 is 0 Å². The van der Waals surface area contributed by atoms with Crippen LogP contribution in [0, 0.1) is 5.82 Å². The lowest BCUT2D eigenvalue weighted by Crippen LogP contribution is -2.31. The lowest BCUT2D eigenvalue weighted by Gasteiger charge is -2.17. The van der Waals surface area contributed by atoms with Crippen LogP contribution in [0.25, 0.3) is 0 Å². The van der Waals surface area contributed by atoms with Gasteiger partial charge in [0, 0.05) is 20.3 Å². The van der Waals surface area contributed by atoms with Crippen LogP contribution in [-0.2, 0) is 16.0 Å². The first-order valence-corrected chi connectivity index (χ1v) is 8.26. The molecule has 0 fully saturated rings. The van der Waals surface area contributed by atoms with Crippen molar-refractivity contribution < 1.29 is 13.9 Å². The maximum absolute atomic E-state index is 13.2. The summed E-state index contributed by atoms with van der Waals surface area (Å²) in [4.78, 5) is 12.6. The van der Waals surface area contributed by atoms with Crippen molar-refractivity contribution in [1.29, 1.82) is 0 Å². The zero-order valence-corrected chi connectivity index (χ0v) is 14.0. The van der Waals surface area contributed by atoms with Crippen LogP contribution in [0.2, 0.25) is 0 Å². The Balaban J connectivity index is 2.04. The van der Waals surface area contributed by atoms with Crippen molar-refractivity contribution in [3.8, 4) is 0 Å². The highest BCUT2D eigenvalue weighted by molar-refractivity contribution is 5.84. The minimum absolute atomic E-state index is 0.0251. The monoisotopic (exact) mass is 329 g/mol. The number of nitrogens with one attached hydrogen (secondary N) is 1. The molecule has 2 aromatic rings. The lowest BCUT2D eigenvalue weighted by atomic mass is 9.91. The first-order valence-electron chi connectivity index (χ1n) is 8.26. The molecule has 2 rings (SSSR count). The van der Waals surface area contributed by atoms with Crippen molar-refractivity contribution >= 4 is 5.91 Å². The second-order valence-corrected chi connectivity index (χ2v) is 5.78. The van der Waals surface area contributed by atoms with E-state index in [-0.39, 0.29) is 17.6 Å². The average molecular weight is 329 g/mol. The smallest absolute Gasteiger partial charge is 0.227 e. The molecule has 0 bridgehead atoms. The summed E-state index contributed by atoms with van der Waals surface area (Å²) in [7, 11) is 1.67. The summed E-state index contributed by atoms with van der Waals surface area (Å²) in [5.74, 6) is -0.643. The number of ether oxygens (including phenoxy) is 1. The van der Waals surface area contributed by atoms with Crippen LogP contribution < -0.4 is 5.32 Å². The van der Waals surface area contributed by atoms with E-state index in [1.54, 1.807) is 19.2 Å². The second kappa shape index (κ2) is 9.83. The van der Waals surface area contributed by atoms with Gasteiger partial charge < -0.3 is 10.1 Å². The molecule has 2 aromatic carbocycles. The molecular weight excluding hydrogens is 305 g/mol. The Labute approximate surface area is 142 Å². The zero-order valence-electron chi connectivity index (χ0n) is 14.0. The van der Waals surface area contributed by atoms with Gasteiger partial charge in [-0.15, -0.1) is 0 Å². The van der Waals surface area contributed by atoms with E-state index >= 15 is 0 Å². The van der Waals surface area contributed by atoms with Crippen molar-refractivity contribution in [3.05, 3.63) is 71.5 Å². The molecule has 0 aliphatic heterocycles. The normalized spacial score (nSPS) is 11.9. The summed E-state index contributed by atoms with van der Waals surface area (Å²) < 4.78 is 18.2. The van der Waals surface area contributed by atoms with Gasteiger partial charge in [-0.25, -0.2) is 4.39 Å². The minimum atomic E-state index is -0.324. The Kier molecular flexibility index (Phi) is 7.43. The van der Waals surface area contributed by atoms with Gasteiger partial charge in [0.1, 0.15) is 5.82 Å². The van der Waals surface area contributed by atoms with Crippen molar-refractivity contribution in [2.75, 3.05) is 20.3 Å². The summed E-state index contributed by atoms with van der Waals surface area (Å²) in [6.45, 7) is 1.32. The van der Waals surface area contributed by atoms with Crippen molar-refractivity contribution in [2.45, 2.75) is 25.2 Å². The molecule has 3 nitrogen and oxygen atoms in total. The molecule has 4 heteroatoms. The fraction of sp³-hybridized carbons (Fsp3) is 0.350. The Morgan fingerprint density at radius 1 is 1.08 bits per heavy atom. The molecule has 1 atom stereocenters. The van der Waals surface area contributed by atoms with Crippen molar-refractivity contribution in [3.63, 3.8) is 0 Å². The molecule has 128 valence electrons. The van der Waals surface area contributed by atoms with Gasteiger partial charge in [-0.3, -0.25) is 4.79 Å². The number of unbranched alkanes of at least 4 members (excludes halogenated alkanes) is 1. The predicted octanol–water partition coefficient (Wildman–Crippen LogP) is 3.69. The summed E-state index contributed by atoms with van der Waals surface area (Å²) in [6, 6.07) is 16.1. The molecule has 24 heavy (non-hydrogen) atoms. The van der Waals surface area contributed by atoms with Crippen molar-refractivity contribution in [2.24, 2.45) is 0 Å².